The highest BCUT2D eigenvalue weighted by Crippen LogP contribution is 2.27. The van der Waals surface area contributed by atoms with E-state index in [0.717, 1.165) is 35.8 Å². The van der Waals surface area contributed by atoms with E-state index in [4.69, 9.17) is 0 Å². The van der Waals surface area contributed by atoms with Crippen LogP contribution in [0.25, 0.3) is 11.0 Å². The van der Waals surface area contributed by atoms with Gasteiger partial charge in [0.15, 0.2) is 0 Å². The van der Waals surface area contributed by atoms with Crippen molar-refractivity contribution in [3.05, 3.63) is 32.6 Å². The lowest BCUT2D eigenvalue weighted by molar-refractivity contribution is -0.119. The average molecular weight is 362 g/mol. The van der Waals surface area contributed by atoms with E-state index >= 15 is 0 Å². The maximum Gasteiger partial charge on any atom is 0.332 e. The molecule has 0 bridgehead atoms. The van der Waals surface area contributed by atoms with Gasteiger partial charge in [0.25, 0.3) is 5.56 Å². The summed E-state index contributed by atoms with van der Waals surface area (Å²) < 4.78 is 2.44. The molecule has 8 heteroatoms. The Bertz CT molecular complexity index is 942. The Morgan fingerprint density at radius 3 is 2.64 bits per heavy atom. The molecule has 0 saturated heterocycles. The topological polar surface area (TPSA) is 86.0 Å². The second kappa shape index (κ2) is 7.03. The number of thioether (sulfide) groups is 1. The number of pyridine rings is 1. The molecule has 2 aromatic heterocycles. The molecule has 0 unspecified atom stereocenters. The van der Waals surface area contributed by atoms with Crippen LogP contribution in [0, 0.1) is 6.92 Å². The molecule has 0 radical (unpaired) electrons. The Balaban J connectivity index is 1.93. The number of carbonyl (C=O) groups excluding carboxylic acids is 1. The summed E-state index contributed by atoms with van der Waals surface area (Å²) in [6.07, 6.45) is 6.04. The molecule has 1 fully saturated rings. The second-order valence-electron chi connectivity index (χ2n) is 6.51. The number of amides is 1. The summed E-state index contributed by atoms with van der Waals surface area (Å²) in [6.45, 7) is 1.86. The molecule has 2 heterocycles. The van der Waals surface area contributed by atoms with E-state index in [1.807, 2.05) is 6.92 Å². The van der Waals surface area contributed by atoms with Crippen LogP contribution in [-0.4, -0.2) is 31.8 Å². The van der Waals surface area contributed by atoms with E-state index in [-0.39, 0.29) is 23.3 Å². The monoisotopic (exact) mass is 362 g/mol. The summed E-state index contributed by atoms with van der Waals surface area (Å²) in [6, 6.07) is 0.275. The van der Waals surface area contributed by atoms with Crippen molar-refractivity contribution < 1.29 is 4.79 Å². The van der Waals surface area contributed by atoms with Crippen LogP contribution in [0.2, 0.25) is 0 Å². The zero-order chi connectivity index (χ0) is 18.1. The molecule has 0 spiro atoms. The minimum Gasteiger partial charge on any atom is -0.353 e. The van der Waals surface area contributed by atoms with Crippen LogP contribution >= 0.6 is 11.8 Å². The van der Waals surface area contributed by atoms with Crippen molar-refractivity contribution in [3.63, 3.8) is 0 Å². The molecule has 1 amide bonds. The highest BCUT2D eigenvalue weighted by Gasteiger charge is 2.19. The number of nitrogens with zero attached hydrogens (tertiary/aromatic N) is 3. The number of carbonyl (C=O) groups is 1. The summed E-state index contributed by atoms with van der Waals surface area (Å²) in [5.41, 5.74) is 0.371. The van der Waals surface area contributed by atoms with Crippen LogP contribution in [0.5, 0.6) is 0 Å². The third-order valence-electron chi connectivity index (χ3n) is 4.67. The van der Waals surface area contributed by atoms with E-state index < -0.39 is 5.69 Å². The zero-order valence-corrected chi connectivity index (χ0v) is 15.5. The third-order valence-corrected chi connectivity index (χ3v) is 5.89. The van der Waals surface area contributed by atoms with Gasteiger partial charge >= 0.3 is 5.69 Å². The number of aryl methyl sites for hydroxylation is 2. The van der Waals surface area contributed by atoms with Crippen LogP contribution in [-0.2, 0) is 18.9 Å². The van der Waals surface area contributed by atoms with Gasteiger partial charge in [-0.25, -0.2) is 9.78 Å². The smallest absolute Gasteiger partial charge is 0.332 e. The molecule has 134 valence electrons. The van der Waals surface area contributed by atoms with Crippen molar-refractivity contribution in [1.82, 2.24) is 19.4 Å². The molecule has 7 nitrogen and oxygen atoms in total. The van der Waals surface area contributed by atoms with E-state index in [1.54, 1.807) is 13.2 Å². The van der Waals surface area contributed by atoms with Crippen molar-refractivity contribution in [2.24, 2.45) is 14.1 Å². The summed E-state index contributed by atoms with van der Waals surface area (Å²) in [5, 5.41) is 3.44. The number of hydrogen-bond acceptors (Lipinski definition) is 5. The van der Waals surface area contributed by atoms with Gasteiger partial charge in [0.05, 0.1) is 11.1 Å². The first-order valence-corrected chi connectivity index (χ1v) is 9.36. The van der Waals surface area contributed by atoms with Crippen molar-refractivity contribution in [2.75, 3.05) is 5.75 Å². The van der Waals surface area contributed by atoms with Crippen molar-refractivity contribution in [2.45, 2.75) is 43.5 Å². The first-order valence-electron chi connectivity index (χ1n) is 8.37. The number of nitrogens with one attached hydrogen (secondary N) is 1. The predicted molar refractivity (Wildman–Crippen MR) is 98.1 cm³/mol. The molecule has 1 aliphatic carbocycles. The van der Waals surface area contributed by atoms with E-state index in [0.29, 0.717) is 15.9 Å². The molecule has 3 rings (SSSR count). The van der Waals surface area contributed by atoms with Gasteiger partial charge in [0.2, 0.25) is 5.91 Å². The number of aromatic nitrogens is 3. The zero-order valence-electron chi connectivity index (χ0n) is 14.7. The molecule has 0 atom stereocenters. The first-order chi connectivity index (χ1) is 11.9. The normalized spacial score (nSPS) is 15.0. The van der Waals surface area contributed by atoms with Gasteiger partial charge in [-0.1, -0.05) is 12.8 Å². The van der Waals surface area contributed by atoms with Crippen LogP contribution in [0.3, 0.4) is 0 Å². The fourth-order valence-electron chi connectivity index (χ4n) is 3.26. The molecule has 2 aromatic rings. The Morgan fingerprint density at radius 1 is 1.28 bits per heavy atom. The first kappa shape index (κ1) is 17.7. The van der Waals surface area contributed by atoms with E-state index in [9.17, 15) is 14.4 Å². The minimum absolute atomic E-state index is 0.0251. The van der Waals surface area contributed by atoms with E-state index in [1.165, 1.54) is 23.4 Å². The largest absolute Gasteiger partial charge is 0.353 e. The number of rotatable bonds is 4. The van der Waals surface area contributed by atoms with Gasteiger partial charge < -0.3 is 5.32 Å². The minimum atomic E-state index is -0.413. The highest BCUT2D eigenvalue weighted by atomic mass is 32.2. The lowest BCUT2D eigenvalue weighted by Gasteiger charge is -2.14. The molecular weight excluding hydrogens is 340 g/mol. The molecule has 25 heavy (non-hydrogen) atoms. The molecule has 1 aliphatic rings. The van der Waals surface area contributed by atoms with E-state index in [2.05, 4.69) is 10.3 Å². The number of hydrogen-bond donors (Lipinski definition) is 1. The lowest BCUT2D eigenvalue weighted by atomic mass is 10.2. The molecule has 1 N–H and O–H groups in total. The quantitative estimate of drug-likeness (QED) is 0.823. The third kappa shape index (κ3) is 3.35. The summed E-state index contributed by atoms with van der Waals surface area (Å²) in [4.78, 5) is 41.8. The maximum atomic E-state index is 12.6. The van der Waals surface area contributed by atoms with Gasteiger partial charge in [-0.15, -0.1) is 11.8 Å². The van der Waals surface area contributed by atoms with Gasteiger partial charge in [-0.3, -0.25) is 18.7 Å². The molecule has 1 saturated carbocycles. The Kier molecular flexibility index (Phi) is 4.99. The Labute approximate surface area is 149 Å². The van der Waals surface area contributed by atoms with Crippen molar-refractivity contribution >= 4 is 28.7 Å². The highest BCUT2D eigenvalue weighted by molar-refractivity contribution is 8.00. The SMILES string of the molecule is Cc1cnc2c(c1SCC(=O)NC1CCCC1)c(=O)n(C)c(=O)n2C. The van der Waals surface area contributed by atoms with Gasteiger partial charge in [0.1, 0.15) is 5.65 Å². The number of fused-ring (bicyclic) bond motifs is 1. The molecule has 0 aliphatic heterocycles. The van der Waals surface area contributed by atoms with Crippen LogP contribution in [0.4, 0.5) is 0 Å². The van der Waals surface area contributed by atoms with Crippen LogP contribution < -0.4 is 16.6 Å². The fourth-order valence-corrected chi connectivity index (χ4v) is 4.22. The standard InChI is InChI=1S/C17H22N4O3S/c1-10-8-18-15-13(16(23)21(3)17(24)20(15)2)14(10)25-9-12(22)19-11-6-4-5-7-11/h8,11H,4-7,9H2,1-3H3,(H,19,22). The van der Waals surface area contributed by atoms with Crippen molar-refractivity contribution in [1.29, 1.82) is 0 Å². The lowest BCUT2D eigenvalue weighted by Crippen LogP contribution is -2.37. The second-order valence-corrected chi connectivity index (χ2v) is 7.50. The van der Waals surface area contributed by atoms with Gasteiger partial charge in [0, 0.05) is 31.2 Å². The Hall–Kier alpha value is -2.09. The summed E-state index contributed by atoms with van der Waals surface area (Å²) in [7, 11) is 3.04. The Morgan fingerprint density at radius 2 is 1.96 bits per heavy atom. The van der Waals surface area contributed by atoms with Crippen molar-refractivity contribution in [3.8, 4) is 0 Å². The molecular formula is C17H22N4O3S. The summed E-state index contributed by atoms with van der Waals surface area (Å²) in [5.74, 6) is 0.213. The van der Waals surface area contributed by atoms with Crippen LogP contribution in [0.1, 0.15) is 31.2 Å². The van der Waals surface area contributed by atoms with Crippen LogP contribution in [0.15, 0.2) is 20.7 Å². The summed E-state index contributed by atoms with van der Waals surface area (Å²) >= 11 is 1.32. The van der Waals surface area contributed by atoms with Gasteiger partial charge in [-0.2, -0.15) is 0 Å². The average Bonchev–Trinajstić information content (AvgIpc) is 3.09. The maximum absolute atomic E-state index is 12.6. The molecule has 0 aromatic carbocycles. The fraction of sp³-hybridized carbons (Fsp3) is 0.529. The van der Waals surface area contributed by atoms with Gasteiger partial charge in [-0.05, 0) is 25.3 Å². The predicted octanol–water partition coefficient (Wildman–Crippen LogP) is 1.09.